The second-order valence-electron chi connectivity index (χ2n) is 5.94. The van der Waals surface area contributed by atoms with Gasteiger partial charge in [0.1, 0.15) is 12.4 Å². The maximum Gasteiger partial charge on any atom is 0.203 e. The van der Waals surface area contributed by atoms with E-state index in [-0.39, 0.29) is 6.29 Å². The number of nitrogens with zero attached hydrogens (tertiary/aromatic N) is 2. The van der Waals surface area contributed by atoms with E-state index in [1.54, 1.807) is 6.21 Å². The maximum absolute atomic E-state index is 5.84. The zero-order chi connectivity index (χ0) is 19.2. The van der Waals surface area contributed by atoms with Gasteiger partial charge in [0, 0.05) is 21.0 Å². The van der Waals surface area contributed by atoms with Gasteiger partial charge in [0.25, 0.3) is 0 Å². The first-order valence-corrected chi connectivity index (χ1v) is 10.4. The van der Waals surface area contributed by atoms with Crippen molar-refractivity contribution in [3.8, 4) is 17.0 Å². The van der Waals surface area contributed by atoms with Crippen LogP contribution in [0.2, 0.25) is 0 Å². The van der Waals surface area contributed by atoms with Crippen molar-refractivity contribution < 1.29 is 14.2 Å². The van der Waals surface area contributed by atoms with Crippen molar-refractivity contribution in [3.63, 3.8) is 0 Å². The molecule has 6 nitrogen and oxygen atoms in total. The molecule has 144 valence electrons. The van der Waals surface area contributed by atoms with Crippen molar-refractivity contribution in [1.82, 2.24) is 4.98 Å². The number of hydrogen-bond donors (Lipinski definition) is 1. The smallest absolute Gasteiger partial charge is 0.203 e. The third-order valence-corrected chi connectivity index (χ3v) is 5.22. The lowest BCUT2D eigenvalue weighted by atomic mass is 10.2. The van der Waals surface area contributed by atoms with Gasteiger partial charge in [-0.3, -0.25) is 5.43 Å². The van der Waals surface area contributed by atoms with Gasteiger partial charge in [-0.2, -0.15) is 5.10 Å². The van der Waals surface area contributed by atoms with Crippen LogP contribution in [-0.4, -0.2) is 37.3 Å². The molecule has 0 radical (unpaired) electrons. The normalized spacial score (nSPS) is 14.6. The monoisotopic (exact) mass is 459 g/mol. The van der Waals surface area contributed by atoms with Crippen LogP contribution in [0.15, 0.2) is 63.5 Å². The van der Waals surface area contributed by atoms with Gasteiger partial charge in [0.15, 0.2) is 6.29 Å². The molecule has 1 fully saturated rings. The highest BCUT2D eigenvalue weighted by molar-refractivity contribution is 9.10. The Morgan fingerprint density at radius 1 is 1.21 bits per heavy atom. The van der Waals surface area contributed by atoms with Crippen molar-refractivity contribution >= 4 is 38.6 Å². The fraction of sp³-hybridized carbons (Fsp3) is 0.200. The molecular formula is C20H18BrN3O3S. The summed E-state index contributed by atoms with van der Waals surface area (Å²) in [5.41, 5.74) is 5.82. The summed E-state index contributed by atoms with van der Waals surface area (Å²) < 4.78 is 17.6. The zero-order valence-electron chi connectivity index (χ0n) is 14.9. The number of thiazole rings is 1. The van der Waals surface area contributed by atoms with E-state index < -0.39 is 0 Å². The molecule has 4 rings (SSSR count). The molecule has 0 amide bonds. The number of halogens is 1. The number of ether oxygens (including phenoxy) is 3. The summed E-state index contributed by atoms with van der Waals surface area (Å²) in [6.07, 6.45) is 1.39. The van der Waals surface area contributed by atoms with E-state index in [1.807, 2.05) is 53.9 Å². The number of benzene rings is 2. The third kappa shape index (κ3) is 4.96. The molecule has 28 heavy (non-hydrogen) atoms. The highest BCUT2D eigenvalue weighted by Crippen LogP contribution is 2.25. The van der Waals surface area contributed by atoms with E-state index in [1.165, 1.54) is 11.3 Å². The summed E-state index contributed by atoms with van der Waals surface area (Å²) >= 11 is 4.99. The molecule has 1 saturated heterocycles. The average Bonchev–Trinajstić information content (AvgIpc) is 3.40. The Hall–Kier alpha value is -2.26. The number of hydrazone groups is 1. The fourth-order valence-corrected chi connectivity index (χ4v) is 3.68. The van der Waals surface area contributed by atoms with E-state index >= 15 is 0 Å². The Morgan fingerprint density at radius 2 is 2.04 bits per heavy atom. The highest BCUT2D eigenvalue weighted by atomic mass is 79.9. The van der Waals surface area contributed by atoms with Gasteiger partial charge < -0.3 is 14.2 Å². The number of rotatable bonds is 7. The Bertz CT molecular complexity index is 943. The maximum atomic E-state index is 5.84. The van der Waals surface area contributed by atoms with E-state index in [0.29, 0.717) is 25.6 Å². The first kappa shape index (κ1) is 19.1. The van der Waals surface area contributed by atoms with Gasteiger partial charge in [-0.1, -0.05) is 46.3 Å². The minimum Gasteiger partial charge on any atom is -0.488 e. The van der Waals surface area contributed by atoms with Crippen LogP contribution in [0, 0.1) is 0 Å². The summed E-state index contributed by atoms with van der Waals surface area (Å²) in [6, 6.07) is 15.8. The number of nitrogens with one attached hydrogen (secondary N) is 1. The van der Waals surface area contributed by atoms with Crippen molar-refractivity contribution in [3.05, 3.63) is 63.9 Å². The minimum atomic E-state index is -0.321. The molecule has 1 N–H and O–H groups in total. The molecule has 0 bridgehead atoms. The fourth-order valence-electron chi connectivity index (χ4n) is 2.64. The van der Waals surface area contributed by atoms with Gasteiger partial charge in [-0.25, -0.2) is 4.98 Å². The predicted octanol–water partition coefficient (Wildman–Crippen LogP) is 4.77. The van der Waals surface area contributed by atoms with Crippen LogP contribution in [0.1, 0.15) is 5.56 Å². The highest BCUT2D eigenvalue weighted by Gasteiger charge is 2.17. The standard InChI is InChI=1S/C20H18BrN3O3S/c21-16-6-7-18(27-12-19-25-8-9-26-19)15(10-16)11-22-24-20-23-17(13-28-20)14-4-2-1-3-5-14/h1-7,10-11,13,19H,8-9,12H2,(H,23,24). The zero-order valence-corrected chi connectivity index (χ0v) is 17.3. The number of hydrogen-bond acceptors (Lipinski definition) is 7. The van der Waals surface area contributed by atoms with Crippen LogP contribution in [0.4, 0.5) is 5.13 Å². The van der Waals surface area contributed by atoms with Crippen molar-refractivity contribution in [2.45, 2.75) is 6.29 Å². The third-order valence-electron chi connectivity index (χ3n) is 3.98. The van der Waals surface area contributed by atoms with Gasteiger partial charge in [0.2, 0.25) is 5.13 Å². The largest absolute Gasteiger partial charge is 0.488 e. The van der Waals surface area contributed by atoms with Crippen molar-refractivity contribution in [1.29, 1.82) is 0 Å². The summed E-state index contributed by atoms with van der Waals surface area (Å²) in [4.78, 5) is 4.56. The second kappa shape index (κ2) is 9.29. The quantitative estimate of drug-likeness (QED) is 0.407. The molecule has 0 atom stereocenters. The summed E-state index contributed by atoms with van der Waals surface area (Å²) in [5, 5.41) is 7.03. The molecule has 8 heteroatoms. The molecular weight excluding hydrogens is 442 g/mol. The van der Waals surface area contributed by atoms with E-state index in [2.05, 4.69) is 31.4 Å². The van der Waals surface area contributed by atoms with Crippen molar-refractivity contribution in [2.75, 3.05) is 25.2 Å². The lowest BCUT2D eigenvalue weighted by Crippen LogP contribution is -2.18. The Balaban J connectivity index is 1.41. The van der Waals surface area contributed by atoms with Crippen LogP contribution < -0.4 is 10.2 Å². The number of anilines is 1. The lowest BCUT2D eigenvalue weighted by molar-refractivity contribution is -0.0684. The van der Waals surface area contributed by atoms with Crippen LogP contribution in [0.25, 0.3) is 11.3 Å². The van der Waals surface area contributed by atoms with Crippen LogP contribution in [0.3, 0.4) is 0 Å². The lowest BCUT2D eigenvalue weighted by Gasteiger charge is -2.13. The Kier molecular flexibility index (Phi) is 6.33. The first-order chi connectivity index (χ1) is 13.8. The molecule has 3 aromatic rings. The summed E-state index contributed by atoms with van der Waals surface area (Å²) in [6.45, 7) is 1.54. The predicted molar refractivity (Wildman–Crippen MR) is 114 cm³/mol. The van der Waals surface area contributed by atoms with Crippen molar-refractivity contribution in [2.24, 2.45) is 5.10 Å². The molecule has 0 aliphatic carbocycles. The average molecular weight is 460 g/mol. The van der Waals surface area contributed by atoms with E-state index in [4.69, 9.17) is 14.2 Å². The molecule has 1 aliphatic heterocycles. The first-order valence-electron chi connectivity index (χ1n) is 8.73. The van der Waals surface area contributed by atoms with Crippen LogP contribution >= 0.6 is 27.3 Å². The molecule has 2 heterocycles. The van der Waals surface area contributed by atoms with Crippen LogP contribution in [0.5, 0.6) is 5.75 Å². The van der Waals surface area contributed by atoms with E-state index in [9.17, 15) is 0 Å². The van der Waals surface area contributed by atoms with Gasteiger partial charge in [-0.15, -0.1) is 11.3 Å². The molecule has 0 spiro atoms. The second-order valence-corrected chi connectivity index (χ2v) is 7.71. The Labute approximate surface area is 175 Å². The van der Waals surface area contributed by atoms with Gasteiger partial charge in [-0.05, 0) is 18.2 Å². The molecule has 1 aliphatic rings. The molecule has 0 saturated carbocycles. The molecule has 1 aromatic heterocycles. The molecule has 2 aromatic carbocycles. The number of aromatic nitrogens is 1. The Morgan fingerprint density at radius 3 is 2.86 bits per heavy atom. The summed E-state index contributed by atoms with van der Waals surface area (Å²) in [7, 11) is 0. The minimum absolute atomic E-state index is 0.321. The van der Waals surface area contributed by atoms with E-state index in [0.717, 1.165) is 26.4 Å². The van der Waals surface area contributed by atoms with Gasteiger partial charge >= 0.3 is 0 Å². The SMILES string of the molecule is Brc1ccc(OCC2OCCO2)c(C=NNc2nc(-c3ccccc3)cs2)c1. The molecule has 0 unspecified atom stereocenters. The summed E-state index contributed by atoms with van der Waals surface area (Å²) in [5.74, 6) is 0.706. The van der Waals surface area contributed by atoms with Crippen LogP contribution in [-0.2, 0) is 9.47 Å². The van der Waals surface area contributed by atoms with Gasteiger partial charge in [0.05, 0.1) is 25.1 Å². The topological polar surface area (TPSA) is 65.0 Å².